The number of methoxy groups -OCH3 is 2. The molecule has 1 aromatic heterocycles. The lowest BCUT2D eigenvalue weighted by Gasteiger charge is -2.12. The molecule has 0 aliphatic heterocycles. The molecular weight excluding hydrogens is 1660 g/mol. The lowest BCUT2D eigenvalue weighted by molar-refractivity contribution is -0.138. The normalized spacial score (nSPS) is 10.5. The van der Waals surface area contributed by atoms with Gasteiger partial charge in [-0.05, 0) is 200 Å². The summed E-state index contributed by atoms with van der Waals surface area (Å²) in [5.74, 6) is -7.48. The minimum Gasteiger partial charge on any atom is -0.493 e. The van der Waals surface area contributed by atoms with Crippen LogP contribution in [-0.4, -0.2) is 116 Å². The molecule has 12 N–H and O–H groups in total. The number of carboxylic acids is 6. The van der Waals surface area contributed by atoms with Crippen LogP contribution in [0, 0.1) is 0 Å². The number of para-hydroxylation sites is 6. The fourth-order valence-corrected chi connectivity index (χ4v) is 11.1. The van der Waals surface area contributed by atoms with Crippen molar-refractivity contribution in [2.75, 3.05) is 59.3 Å². The molecule has 124 heavy (non-hydrogen) atoms. The molecule has 0 fully saturated rings. The quantitative estimate of drug-likeness (QED) is 0.0129. The molecule has 33 heteroatoms. The highest BCUT2D eigenvalue weighted by molar-refractivity contribution is 6.42. The Labute approximate surface area is 714 Å². The number of hydrogen-bond donors (Lipinski definition) is 12. The molecule has 0 radical (unpaired) electrons. The number of ketones is 1. The zero-order valence-corrected chi connectivity index (χ0v) is 67.1. The van der Waals surface area contributed by atoms with Gasteiger partial charge in [-0.1, -0.05) is 138 Å². The molecule has 0 bridgehead atoms. The van der Waals surface area contributed by atoms with Crippen LogP contribution in [-0.2, 0) is 44.3 Å². The third-order valence-corrected chi connectivity index (χ3v) is 17.5. The number of halogens is 8. The Morgan fingerprint density at radius 1 is 0.387 bits per heavy atom. The van der Waals surface area contributed by atoms with Crippen molar-refractivity contribution in [1.82, 2.24) is 4.98 Å². The summed E-state index contributed by atoms with van der Waals surface area (Å²) in [6.45, 7) is 1.70. The van der Waals surface area contributed by atoms with E-state index < -0.39 is 76.9 Å². The van der Waals surface area contributed by atoms with Gasteiger partial charge in [-0.3, -0.25) is 14.4 Å². The van der Waals surface area contributed by atoms with Gasteiger partial charge in [0.1, 0.15) is 18.0 Å². The number of carboxylic acid groups (broad SMARTS) is 6. The average molecular weight is 1740 g/mol. The number of pyridine rings is 1. The van der Waals surface area contributed by atoms with Crippen molar-refractivity contribution in [3.05, 3.63) is 357 Å². The highest BCUT2D eigenvalue weighted by atomic mass is 35.5. The molecule has 1 heterocycles. The molecular formula is C91H77Cl2F6N7O18. The van der Waals surface area contributed by atoms with Gasteiger partial charge in [0.25, 0.3) is 5.91 Å². The van der Waals surface area contributed by atoms with Crippen LogP contribution in [0.3, 0.4) is 0 Å². The summed E-state index contributed by atoms with van der Waals surface area (Å²) in [4.78, 5) is 105. The highest BCUT2D eigenvalue weighted by Crippen LogP contribution is 2.35. The average Bonchev–Trinajstić information content (AvgIpc) is 0.862. The maximum absolute atomic E-state index is 12.6. The van der Waals surface area contributed by atoms with Gasteiger partial charge < -0.3 is 76.8 Å². The molecule has 12 aromatic rings. The summed E-state index contributed by atoms with van der Waals surface area (Å²) in [6.07, 6.45) is -2.89. The molecule has 2 amide bonds. The van der Waals surface area contributed by atoms with Gasteiger partial charge in [0.15, 0.2) is 11.5 Å². The van der Waals surface area contributed by atoms with Crippen LogP contribution in [0.25, 0.3) is 6.08 Å². The van der Waals surface area contributed by atoms with Crippen molar-refractivity contribution in [3.63, 3.8) is 0 Å². The molecule has 640 valence electrons. The lowest BCUT2D eigenvalue weighted by atomic mass is 10.0. The number of aryl methyl sites for hydroxylation is 2. The summed E-state index contributed by atoms with van der Waals surface area (Å²) in [5, 5.41) is 71.6. The molecule has 0 unspecified atom stereocenters. The number of aromatic nitrogens is 1. The van der Waals surface area contributed by atoms with Crippen molar-refractivity contribution in [2.24, 2.45) is 0 Å². The number of amides is 2. The second kappa shape index (κ2) is 47.5. The molecule has 0 spiro atoms. The Balaban J connectivity index is 0.000000206. The highest BCUT2D eigenvalue weighted by Gasteiger charge is 2.32. The van der Waals surface area contributed by atoms with E-state index in [0.717, 1.165) is 59.6 Å². The predicted molar refractivity (Wildman–Crippen MR) is 458 cm³/mol. The number of ether oxygens (including phenoxy) is 3. The number of Topliss-reactive ketones (excluding diaryl/α,β-unsaturated/α-hetero) is 1. The number of carbonyl (C=O) groups is 9. The fourth-order valence-electron chi connectivity index (χ4n) is 10.7. The standard InChI is InChI=1S/C21H17Cl2NO2.C18H17NO5.C14H10F3NO2.C13H9F3N2O2.C13H11NO2.C12H13NO5/c22-18-12-9-15(13-19(18)23)6-5-14-7-10-16(11-8-14)24-20-4-2-1-3-17(20)21(25)26;1-23-15-9-7-12(11-16(15)24-2)8-10-17(20)19-14-6-4-3-5-13(14)18(21)22;15-14(16,17)9-4-3-5-10(8-9)18-12-7-2-1-6-11(12)13(19)20;14-13(15,16)8-3-1-4-9(7-8)18-11-10(12(19)20)5-2-6-17-11;15-13(16)11-8-4-5-9-12(11)14-10-6-2-1-3-7-10;1-2-18-7-10(14)11(15)13-9-6-4-3-5-8(9)12(16)17/h1-4,7-13,24H,5-6H2,(H,25,26);3-11H,1-2H3,(H,19,20)(H,21,22);1-8,18H,(H,19,20);1-7H,(H,17,18)(H,19,20);1-9,14H,(H,15,16);3-6H,2,7H2,1H3,(H,13,15)(H,16,17)/b;10-8+;;;;. The minimum atomic E-state index is -4.46. The summed E-state index contributed by atoms with van der Waals surface area (Å²) in [7, 11) is 3.07. The molecule has 12 rings (SSSR count). The number of benzene rings is 11. The summed E-state index contributed by atoms with van der Waals surface area (Å²) < 4.78 is 90.7. The summed E-state index contributed by atoms with van der Waals surface area (Å²) in [6, 6.07) is 71.9. The van der Waals surface area contributed by atoms with Crippen LogP contribution in [0.4, 0.5) is 83.3 Å². The van der Waals surface area contributed by atoms with Gasteiger partial charge in [-0.25, -0.2) is 33.8 Å². The van der Waals surface area contributed by atoms with E-state index >= 15 is 0 Å². The van der Waals surface area contributed by atoms with Crippen LogP contribution in [0.15, 0.2) is 285 Å². The summed E-state index contributed by atoms with van der Waals surface area (Å²) in [5.41, 5.74) is 5.53. The first kappa shape index (κ1) is 95.8. The van der Waals surface area contributed by atoms with E-state index in [9.17, 15) is 74.6 Å². The number of nitrogens with one attached hydrogen (secondary N) is 6. The van der Waals surface area contributed by atoms with Crippen molar-refractivity contribution < 1.29 is 114 Å². The number of anilines is 10. The maximum atomic E-state index is 12.6. The molecule has 0 aliphatic carbocycles. The SMILES string of the molecule is CCOCC(=O)C(=O)Nc1ccccc1C(=O)O.COc1ccc(/C=C/C(=O)Nc2ccccc2C(=O)O)cc1OC.O=C(O)c1ccccc1Nc1ccc(CCc2ccc(Cl)c(Cl)c2)cc1.O=C(O)c1ccccc1Nc1cccc(C(F)(F)F)c1.O=C(O)c1ccccc1Nc1ccccc1.O=C(O)c1cccnc1Nc1cccc(C(F)(F)F)c1. The predicted octanol–water partition coefficient (Wildman–Crippen LogP) is 21.0. The molecule has 11 aromatic carbocycles. The van der Waals surface area contributed by atoms with E-state index in [4.69, 9.17) is 62.9 Å². The van der Waals surface area contributed by atoms with Crippen LogP contribution in [0.1, 0.15) is 96.9 Å². The monoisotopic (exact) mass is 1740 g/mol. The second-order valence-electron chi connectivity index (χ2n) is 25.4. The number of rotatable bonds is 27. The van der Waals surface area contributed by atoms with Gasteiger partial charge in [0.05, 0.1) is 91.6 Å². The number of carbonyl (C=O) groups excluding carboxylic acids is 3. The van der Waals surface area contributed by atoms with Gasteiger partial charge in [0, 0.05) is 41.6 Å². The number of alkyl halides is 6. The van der Waals surface area contributed by atoms with Crippen molar-refractivity contribution in [2.45, 2.75) is 32.1 Å². The maximum Gasteiger partial charge on any atom is 0.416 e. The van der Waals surface area contributed by atoms with Crippen LogP contribution >= 0.6 is 23.2 Å². The van der Waals surface area contributed by atoms with Crippen molar-refractivity contribution >= 4 is 140 Å². The zero-order valence-electron chi connectivity index (χ0n) is 65.6. The van der Waals surface area contributed by atoms with E-state index in [2.05, 4.69) is 36.9 Å². The first-order valence-electron chi connectivity index (χ1n) is 36.6. The Morgan fingerprint density at radius 3 is 1.23 bits per heavy atom. The van der Waals surface area contributed by atoms with Crippen LogP contribution in [0.2, 0.25) is 10.0 Å². The first-order valence-corrected chi connectivity index (χ1v) is 37.4. The Bertz CT molecular complexity index is 5640. The van der Waals surface area contributed by atoms with Gasteiger partial charge >= 0.3 is 48.2 Å². The third-order valence-electron chi connectivity index (χ3n) is 16.8. The molecule has 0 saturated carbocycles. The Hall–Kier alpha value is -15.3. The Kier molecular flexibility index (Phi) is 36.7. The molecule has 0 saturated heterocycles. The smallest absolute Gasteiger partial charge is 0.416 e. The van der Waals surface area contributed by atoms with Crippen molar-refractivity contribution in [3.8, 4) is 11.5 Å². The largest absolute Gasteiger partial charge is 0.493 e. The van der Waals surface area contributed by atoms with Gasteiger partial charge in [0.2, 0.25) is 11.7 Å². The molecule has 0 atom stereocenters. The fraction of sp³-hybridized carbons (Fsp3) is 0.0989. The number of aromatic carboxylic acids is 6. The summed E-state index contributed by atoms with van der Waals surface area (Å²) >= 11 is 12.0. The van der Waals surface area contributed by atoms with E-state index in [0.29, 0.717) is 39.5 Å². The van der Waals surface area contributed by atoms with E-state index in [1.54, 1.807) is 117 Å². The van der Waals surface area contributed by atoms with Crippen LogP contribution in [0.5, 0.6) is 11.5 Å². The number of nitrogens with zero attached hydrogens (tertiary/aromatic N) is 1. The van der Waals surface area contributed by atoms with Crippen molar-refractivity contribution in [1.29, 1.82) is 0 Å². The minimum absolute atomic E-state index is 0.00934. The van der Waals surface area contributed by atoms with E-state index in [1.807, 2.05) is 72.8 Å². The first-order chi connectivity index (χ1) is 59.2. The lowest BCUT2D eigenvalue weighted by Crippen LogP contribution is -2.27. The second-order valence-corrected chi connectivity index (χ2v) is 26.2. The van der Waals surface area contributed by atoms with E-state index in [1.165, 1.54) is 104 Å². The number of hydrogen-bond acceptors (Lipinski definition) is 17. The van der Waals surface area contributed by atoms with Gasteiger partial charge in [-0.15, -0.1) is 0 Å². The zero-order chi connectivity index (χ0) is 90.5. The Morgan fingerprint density at radius 2 is 0.782 bits per heavy atom. The molecule has 0 aliphatic rings. The van der Waals surface area contributed by atoms with E-state index in [-0.39, 0.29) is 74.2 Å². The van der Waals surface area contributed by atoms with Gasteiger partial charge in [-0.2, -0.15) is 26.3 Å². The topological polar surface area (TPSA) is 388 Å². The van der Waals surface area contributed by atoms with Crippen LogP contribution < -0.4 is 41.4 Å². The molecule has 25 nitrogen and oxygen atoms in total. The third kappa shape index (κ3) is 30.8.